The number of rotatable bonds is 2. The lowest BCUT2D eigenvalue weighted by Gasteiger charge is -2.20. The van der Waals surface area contributed by atoms with Gasteiger partial charge in [0.15, 0.2) is 9.84 Å². The highest BCUT2D eigenvalue weighted by atomic mass is 32.2. The highest BCUT2D eigenvalue weighted by Gasteiger charge is 2.41. The number of sulfone groups is 1. The van der Waals surface area contributed by atoms with E-state index in [-0.39, 0.29) is 29.3 Å². The molecule has 22 heavy (non-hydrogen) atoms. The Balaban J connectivity index is 1.84. The Morgan fingerprint density at radius 2 is 2.00 bits per heavy atom. The molecule has 0 N–H and O–H groups in total. The van der Waals surface area contributed by atoms with Gasteiger partial charge in [0.05, 0.1) is 22.5 Å². The molecule has 0 radical (unpaired) electrons. The van der Waals surface area contributed by atoms with Crippen LogP contribution in [-0.4, -0.2) is 41.1 Å². The first kappa shape index (κ1) is 15.6. The van der Waals surface area contributed by atoms with E-state index in [1.807, 2.05) is 0 Å². The first-order valence-corrected chi connectivity index (χ1v) is 9.63. The van der Waals surface area contributed by atoms with E-state index in [9.17, 15) is 17.6 Å². The van der Waals surface area contributed by atoms with Crippen molar-refractivity contribution in [2.24, 2.45) is 0 Å². The maximum absolute atomic E-state index is 12.9. The number of carbonyl (C=O) groups excluding carboxylic acids is 1. The van der Waals surface area contributed by atoms with E-state index in [4.69, 9.17) is 12.2 Å². The van der Waals surface area contributed by atoms with Crippen molar-refractivity contribution in [3.63, 3.8) is 0 Å². The van der Waals surface area contributed by atoms with Gasteiger partial charge in [0.1, 0.15) is 10.1 Å². The fraction of sp³-hybridized carbons (Fsp3) is 0.286. The number of hydrogen-bond donors (Lipinski definition) is 0. The molecule has 1 aromatic rings. The lowest BCUT2D eigenvalue weighted by Crippen LogP contribution is -2.39. The van der Waals surface area contributed by atoms with Crippen LogP contribution in [0.15, 0.2) is 29.2 Å². The summed E-state index contributed by atoms with van der Waals surface area (Å²) in [6.45, 7) is 0. The fourth-order valence-electron chi connectivity index (χ4n) is 2.48. The molecular weight excluding hydrogens is 345 g/mol. The number of nitrogens with zero attached hydrogens (tertiary/aromatic N) is 1. The fourth-order valence-corrected chi connectivity index (χ4v) is 5.58. The molecule has 2 fully saturated rings. The standard InChI is InChI=1S/C14H12FNO3S3/c15-10-3-1-9(2-4-10)7-12-13(17)16(14(20)21-12)11-5-6-22(18,19)8-11/h1-4,7,11H,5-6,8H2/b12-7+. The van der Waals surface area contributed by atoms with Crippen LogP contribution in [0.4, 0.5) is 4.39 Å². The zero-order chi connectivity index (χ0) is 15.9. The Morgan fingerprint density at radius 1 is 1.32 bits per heavy atom. The highest BCUT2D eigenvalue weighted by molar-refractivity contribution is 8.26. The van der Waals surface area contributed by atoms with Crippen molar-refractivity contribution in [2.45, 2.75) is 12.5 Å². The van der Waals surface area contributed by atoms with E-state index >= 15 is 0 Å². The molecule has 0 spiro atoms. The minimum absolute atomic E-state index is 0.0384. The van der Waals surface area contributed by atoms with Crippen LogP contribution in [0.1, 0.15) is 12.0 Å². The normalized spacial score (nSPS) is 26.1. The number of hydrogen-bond acceptors (Lipinski definition) is 5. The Kier molecular flexibility index (Phi) is 4.09. The number of carbonyl (C=O) groups is 1. The van der Waals surface area contributed by atoms with Crippen molar-refractivity contribution in [1.29, 1.82) is 0 Å². The van der Waals surface area contributed by atoms with E-state index in [2.05, 4.69) is 0 Å². The van der Waals surface area contributed by atoms with Crippen molar-refractivity contribution in [3.8, 4) is 0 Å². The summed E-state index contributed by atoms with van der Waals surface area (Å²) in [5.74, 6) is -0.572. The minimum Gasteiger partial charge on any atom is -0.289 e. The predicted molar refractivity (Wildman–Crippen MR) is 88.5 cm³/mol. The van der Waals surface area contributed by atoms with Gasteiger partial charge in [0, 0.05) is 0 Å². The molecular formula is C14H12FNO3S3. The number of thiocarbonyl (C=S) groups is 1. The van der Waals surface area contributed by atoms with Gasteiger partial charge < -0.3 is 0 Å². The van der Waals surface area contributed by atoms with Crippen LogP contribution in [0.25, 0.3) is 6.08 Å². The van der Waals surface area contributed by atoms with Crippen LogP contribution in [0.3, 0.4) is 0 Å². The Labute approximate surface area is 137 Å². The molecule has 1 aromatic carbocycles. The van der Waals surface area contributed by atoms with E-state index in [1.54, 1.807) is 18.2 Å². The summed E-state index contributed by atoms with van der Waals surface area (Å²) in [6, 6.07) is 5.40. The average molecular weight is 357 g/mol. The van der Waals surface area contributed by atoms with Crippen LogP contribution in [0.2, 0.25) is 0 Å². The van der Waals surface area contributed by atoms with Crippen LogP contribution >= 0.6 is 24.0 Å². The summed E-state index contributed by atoms with van der Waals surface area (Å²) in [4.78, 5) is 14.3. The van der Waals surface area contributed by atoms with Gasteiger partial charge in [0.25, 0.3) is 5.91 Å². The molecule has 2 saturated heterocycles. The molecule has 116 valence electrons. The second kappa shape index (κ2) is 5.75. The number of benzene rings is 1. The van der Waals surface area contributed by atoms with Crippen molar-refractivity contribution in [1.82, 2.24) is 4.90 Å². The van der Waals surface area contributed by atoms with Crippen molar-refractivity contribution in [3.05, 3.63) is 40.6 Å². The van der Waals surface area contributed by atoms with Crippen LogP contribution < -0.4 is 0 Å². The average Bonchev–Trinajstić information content (AvgIpc) is 2.93. The van der Waals surface area contributed by atoms with Crippen LogP contribution in [-0.2, 0) is 14.6 Å². The van der Waals surface area contributed by atoms with Gasteiger partial charge >= 0.3 is 0 Å². The zero-order valence-electron chi connectivity index (χ0n) is 11.4. The van der Waals surface area contributed by atoms with Gasteiger partial charge in [-0.15, -0.1) is 0 Å². The smallest absolute Gasteiger partial charge is 0.266 e. The highest BCUT2D eigenvalue weighted by Crippen LogP contribution is 2.36. The maximum Gasteiger partial charge on any atom is 0.266 e. The molecule has 1 unspecified atom stereocenters. The largest absolute Gasteiger partial charge is 0.289 e. The Morgan fingerprint density at radius 3 is 2.59 bits per heavy atom. The van der Waals surface area contributed by atoms with E-state index in [1.165, 1.54) is 17.0 Å². The number of amides is 1. The van der Waals surface area contributed by atoms with Crippen molar-refractivity contribution < 1.29 is 17.6 Å². The molecule has 2 heterocycles. The van der Waals surface area contributed by atoms with Crippen molar-refractivity contribution in [2.75, 3.05) is 11.5 Å². The van der Waals surface area contributed by atoms with Crippen LogP contribution in [0, 0.1) is 5.82 Å². The molecule has 1 amide bonds. The molecule has 2 aliphatic rings. The first-order valence-electron chi connectivity index (χ1n) is 6.59. The SMILES string of the molecule is O=C1/C(=C\c2ccc(F)cc2)SC(=S)N1C1CCS(=O)(=O)C1. The van der Waals surface area contributed by atoms with Gasteiger partial charge in [-0.3, -0.25) is 9.69 Å². The third-order valence-corrected chi connectivity index (χ3v) is 6.65. The molecule has 3 rings (SSSR count). The summed E-state index contributed by atoms with van der Waals surface area (Å²) >= 11 is 6.36. The summed E-state index contributed by atoms with van der Waals surface area (Å²) in [7, 11) is -3.08. The second-order valence-electron chi connectivity index (χ2n) is 5.16. The molecule has 8 heteroatoms. The summed E-state index contributed by atoms with van der Waals surface area (Å²) in [5, 5.41) is 0. The summed E-state index contributed by atoms with van der Waals surface area (Å²) < 4.78 is 36.4. The third kappa shape index (κ3) is 3.09. The zero-order valence-corrected chi connectivity index (χ0v) is 13.8. The van der Waals surface area contributed by atoms with Crippen molar-refractivity contribution >= 4 is 50.1 Å². The monoisotopic (exact) mass is 357 g/mol. The summed E-state index contributed by atoms with van der Waals surface area (Å²) in [5.41, 5.74) is 0.695. The summed E-state index contributed by atoms with van der Waals surface area (Å²) in [6.07, 6.45) is 2.06. The molecule has 0 saturated carbocycles. The second-order valence-corrected chi connectivity index (χ2v) is 9.06. The minimum atomic E-state index is -3.08. The molecule has 2 aliphatic heterocycles. The maximum atomic E-state index is 12.9. The van der Waals surface area contributed by atoms with Gasteiger partial charge in [-0.05, 0) is 30.2 Å². The lowest BCUT2D eigenvalue weighted by atomic mass is 10.2. The molecule has 0 bridgehead atoms. The molecule has 1 atom stereocenters. The molecule has 0 aliphatic carbocycles. The Bertz CT molecular complexity index is 771. The van der Waals surface area contributed by atoms with Gasteiger partial charge in [-0.1, -0.05) is 36.1 Å². The van der Waals surface area contributed by atoms with Gasteiger partial charge in [-0.25, -0.2) is 12.8 Å². The Hall–Kier alpha value is -1.25. The third-order valence-electron chi connectivity index (χ3n) is 3.56. The van der Waals surface area contributed by atoms with E-state index < -0.39 is 9.84 Å². The van der Waals surface area contributed by atoms with Gasteiger partial charge in [0.2, 0.25) is 0 Å². The van der Waals surface area contributed by atoms with E-state index in [0.717, 1.165) is 11.8 Å². The molecule has 0 aromatic heterocycles. The number of thioether (sulfide) groups is 1. The number of halogens is 1. The quantitative estimate of drug-likeness (QED) is 0.600. The first-order chi connectivity index (χ1) is 10.4. The predicted octanol–water partition coefficient (Wildman–Crippen LogP) is 2.21. The topological polar surface area (TPSA) is 54.5 Å². The molecule has 4 nitrogen and oxygen atoms in total. The van der Waals surface area contributed by atoms with Gasteiger partial charge in [-0.2, -0.15) is 0 Å². The van der Waals surface area contributed by atoms with E-state index in [0.29, 0.717) is 21.2 Å². The lowest BCUT2D eigenvalue weighted by molar-refractivity contribution is -0.123. The van der Waals surface area contributed by atoms with Crippen LogP contribution in [0.5, 0.6) is 0 Å².